The molecule has 4 rings (SSSR count). The van der Waals surface area contributed by atoms with Crippen molar-refractivity contribution in [1.29, 1.82) is 0 Å². The van der Waals surface area contributed by atoms with Crippen LogP contribution >= 0.6 is 0 Å². The highest BCUT2D eigenvalue weighted by molar-refractivity contribution is 5.78. The van der Waals surface area contributed by atoms with Gasteiger partial charge in [-0.1, -0.05) is 12.1 Å². The summed E-state index contributed by atoms with van der Waals surface area (Å²) in [7, 11) is 0. The Morgan fingerprint density at radius 1 is 1.21 bits per heavy atom. The first-order valence-electron chi connectivity index (χ1n) is 7.88. The first-order chi connectivity index (χ1) is 11.8. The smallest absolute Gasteiger partial charge is 0.165 e. The van der Waals surface area contributed by atoms with Crippen molar-refractivity contribution in [2.75, 3.05) is 31.7 Å². The fourth-order valence-electron chi connectivity index (χ4n) is 2.72. The summed E-state index contributed by atoms with van der Waals surface area (Å²) in [5, 5.41) is 17.1. The molecule has 3 aromatic rings. The second-order valence-electron chi connectivity index (χ2n) is 5.51. The molecule has 0 amide bonds. The Hall–Kier alpha value is -2.64. The van der Waals surface area contributed by atoms with Crippen LogP contribution in [0.1, 0.15) is 5.56 Å². The zero-order chi connectivity index (χ0) is 16.4. The minimum Gasteiger partial charge on any atom is -0.491 e. The molecule has 0 saturated heterocycles. The number of benzene rings is 1. The van der Waals surface area contributed by atoms with Crippen LogP contribution in [0.3, 0.4) is 0 Å². The minimum atomic E-state index is -0.0719. The predicted octanol–water partition coefficient (Wildman–Crippen LogP) is 1.71. The molecule has 0 fully saturated rings. The zero-order valence-corrected chi connectivity index (χ0v) is 13.1. The first kappa shape index (κ1) is 14.9. The summed E-state index contributed by atoms with van der Waals surface area (Å²) in [6.45, 7) is 2.08. The van der Waals surface area contributed by atoms with Crippen molar-refractivity contribution in [3.05, 3.63) is 42.2 Å². The molecule has 0 aliphatic carbocycles. The van der Waals surface area contributed by atoms with Gasteiger partial charge in [0.25, 0.3) is 0 Å². The van der Waals surface area contributed by atoms with E-state index < -0.39 is 0 Å². The van der Waals surface area contributed by atoms with Gasteiger partial charge in [-0.25, -0.2) is 9.50 Å². The largest absolute Gasteiger partial charge is 0.491 e. The Kier molecular flexibility index (Phi) is 4.02. The summed E-state index contributed by atoms with van der Waals surface area (Å²) < 4.78 is 13.1. The van der Waals surface area contributed by atoms with Crippen LogP contribution in [0.2, 0.25) is 0 Å². The molecule has 0 atom stereocenters. The quantitative estimate of drug-likeness (QED) is 0.708. The SMILES string of the molecule is OCc1ccc2cc1OCCOCCNc1ccn3ncc-2c3n1. The number of rotatable bonds is 1. The number of fused-ring (bicyclic) bond motifs is 4. The third-order valence-electron chi connectivity index (χ3n) is 3.96. The maximum absolute atomic E-state index is 9.51. The van der Waals surface area contributed by atoms with Crippen LogP contribution in [-0.2, 0) is 11.3 Å². The Bertz CT molecular complexity index is 862. The molecule has 7 heteroatoms. The third kappa shape index (κ3) is 2.79. The molecule has 1 aromatic carbocycles. The van der Waals surface area contributed by atoms with E-state index >= 15 is 0 Å². The van der Waals surface area contributed by atoms with Crippen LogP contribution in [0.5, 0.6) is 5.75 Å². The molecule has 1 aliphatic rings. The highest BCUT2D eigenvalue weighted by Crippen LogP contribution is 2.30. The van der Waals surface area contributed by atoms with E-state index in [4.69, 9.17) is 9.47 Å². The Morgan fingerprint density at radius 3 is 3.08 bits per heavy atom. The molecular formula is C17H18N4O3. The van der Waals surface area contributed by atoms with E-state index in [1.54, 1.807) is 10.7 Å². The van der Waals surface area contributed by atoms with Crippen molar-refractivity contribution < 1.29 is 14.6 Å². The van der Waals surface area contributed by atoms with Gasteiger partial charge in [-0.3, -0.25) is 0 Å². The van der Waals surface area contributed by atoms with Gasteiger partial charge < -0.3 is 19.9 Å². The van der Waals surface area contributed by atoms with Crippen LogP contribution < -0.4 is 10.1 Å². The maximum atomic E-state index is 9.51. The summed E-state index contributed by atoms with van der Waals surface area (Å²) in [5.74, 6) is 1.44. The summed E-state index contributed by atoms with van der Waals surface area (Å²) in [5.41, 5.74) is 3.37. The van der Waals surface area contributed by atoms with E-state index in [1.165, 1.54) is 0 Å². The fraction of sp³-hybridized carbons (Fsp3) is 0.294. The van der Waals surface area contributed by atoms with Gasteiger partial charge in [-0.05, 0) is 17.7 Å². The molecule has 4 bridgehead atoms. The van der Waals surface area contributed by atoms with Crippen molar-refractivity contribution in [2.45, 2.75) is 6.61 Å². The number of hydrogen-bond donors (Lipinski definition) is 2. The van der Waals surface area contributed by atoms with Crippen molar-refractivity contribution >= 4 is 11.5 Å². The summed E-state index contributed by atoms with van der Waals surface area (Å²) >= 11 is 0. The van der Waals surface area contributed by atoms with Crippen molar-refractivity contribution in [2.24, 2.45) is 0 Å². The average molecular weight is 326 g/mol. The monoisotopic (exact) mass is 326 g/mol. The molecule has 3 heterocycles. The topological polar surface area (TPSA) is 80.9 Å². The van der Waals surface area contributed by atoms with Crippen LogP contribution in [0, 0.1) is 0 Å². The predicted molar refractivity (Wildman–Crippen MR) is 89.1 cm³/mol. The minimum absolute atomic E-state index is 0.0719. The molecule has 0 unspecified atom stereocenters. The summed E-state index contributed by atoms with van der Waals surface area (Å²) in [6, 6.07) is 7.61. The third-order valence-corrected chi connectivity index (χ3v) is 3.96. The van der Waals surface area contributed by atoms with Gasteiger partial charge in [0, 0.05) is 23.9 Å². The number of hydrogen-bond acceptors (Lipinski definition) is 6. The van der Waals surface area contributed by atoms with Gasteiger partial charge in [0.05, 0.1) is 26.0 Å². The van der Waals surface area contributed by atoms with Gasteiger partial charge in [0.2, 0.25) is 0 Å². The summed E-state index contributed by atoms with van der Waals surface area (Å²) in [4.78, 5) is 4.64. The highest BCUT2D eigenvalue weighted by atomic mass is 16.5. The van der Waals surface area contributed by atoms with Gasteiger partial charge in [0.15, 0.2) is 5.65 Å². The molecule has 0 radical (unpaired) electrons. The van der Waals surface area contributed by atoms with Gasteiger partial charge in [-0.2, -0.15) is 5.10 Å². The lowest BCUT2D eigenvalue weighted by Gasteiger charge is -2.13. The van der Waals surface area contributed by atoms with E-state index in [0.29, 0.717) is 32.1 Å². The number of aliphatic hydroxyl groups excluding tert-OH is 1. The molecule has 7 nitrogen and oxygen atoms in total. The zero-order valence-electron chi connectivity index (χ0n) is 13.1. The molecular weight excluding hydrogens is 308 g/mol. The van der Waals surface area contributed by atoms with Crippen LogP contribution in [-0.4, -0.2) is 46.1 Å². The first-order valence-corrected chi connectivity index (χ1v) is 7.88. The van der Waals surface area contributed by atoms with E-state index in [2.05, 4.69) is 15.4 Å². The lowest BCUT2D eigenvalue weighted by molar-refractivity contribution is 0.106. The molecule has 1 aliphatic heterocycles. The highest BCUT2D eigenvalue weighted by Gasteiger charge is 2.12. The molecule has 0 saturated carbocycles. The number of nitrogens with one attached hydrogen (secondary N) is 1. The normalized spacial score (nSPS) is 14.9. The van der Waals surface area contributed by atoms with Crippen LogP contribution in [0.4, 0.5) is 5.82 Å². The fourth-order valence-corrected chi connectivity index (χ4v) is 2.72. The van der Waals surface area contributed by atoms with E-state index in [9.17, 15) is 5.11 Å². The standard InChI is InChI=1S/C17H18N4O3/c22-11-13-2-1-12-9-15(13)24-8-7-23-6-4-18-16-3-5-21-17(20-16)14(12)10-19-21/h1-3,5,9-10,22H,4,6-8,11H2,(H,18,20). The number of nitrogens with zero attached hydrogens (tertiary/aromatic N) is 3. The van der Waals surface area contributed by atoms with Crippen LogP contribution in [0.25, 0.3) is 16.8 Å². The molecule has 124 valence electrons. The van der Waals surface area contributed by atoms with Crippen molar-refractivity contribution in [3.63, 3.8) is 0 Å². The molecule has 2 N–H and O–H groups in total. The number of aromatic nitrogens is 3. The van der Waals surface area contributed by atoms with Gasteiger partial charge in [0.1, 0.15) is 18.2 Å². The average Bonchev–Trinajstić information content (AvgIpc) is 3.03. The number of aliphatic hydroxyl groups is 1. The van der Waals surface area contributed by atoms with E-state index in [-0.39, 0.29) is 6.61 Å². The van der Waals surface area contributed by atoms with Crippen molar-refractivity contribution in [1.82, 2.24) is 14.6 Å². The Morgan fingerprint density at radius 2 is 2.17 bits per heavy atom. The lowest BCUT2D eigenvalue weighted by atomic mass is 10.1. The number of ether oxygens (including phenoxy) is 2. The lowest BCUT2D eigenvalue weighted by Crippen LogP contribution is -2.14. The molecule has 0 spiro atoms. The molecule has 24 heavy (non-hydrogen) atoms. The Labute approximate surface area is 138 Å². The van der Waals surface area contributed by atoms with Gasteiger partial charge >= 0.3 is 0 Å². The number of anilines is 1. The summed E-state index contributed by atoms with van der Waals surface area (Å²) in [6.07, 6.45) is 3.67. The maximum Gasteiger partial charge on any atom is 0.165 e. The van der Waals surface area contributed by atoms with Crippen LogP contribution in [0.15, 0.2) is 36.7 Å². The van der Waals surface area contributed by atoms with Gasteiger partial charge in [-0.15, -0.1) is 0 Å². The second kappa shape index (κ2) is 6.46. The second-order valence-corrected chi connectivity index (χ2v) is 5.51. The molecule has 2 aromatic heterocycles. The Balaban J connectivity index is 1.84. The van der Waals surface area contributed by atoms with E-state index in [1.807, 2.05) is 30.5 Å². The van der Waals surface area contributed by atoms with E-state index in [0.717, 1.165) is 28.2 Å². The van der Waals surface area contributed by atoms with Crippen molar-refractivity contribution in [3.8, 4) is 16.9 Å².